The van der Waals surface area contributed by atoms with Gasteiger partial charge in [-0.2, -0.15) is 0 Å². The highest BCUT2D eigenvalue weighted by Gasteiger charge is 2.44. The largest absolute Gasteiger partial charge is 0.391 e. The van der Waals surface area contributed by atoms with Crippen molar-refractivity contribution in [2.45, 2.75) is 174 Å². The van der Waals surface area contributed by atoms with Gasteiger partial charge in [-0.1, -0.05) is 163 Å². The van der Waals surface area contributed by atoms with Gasteiger partial charge in [-0.05, 0) is 104 Å². The lowest BCUT2D eigenvalue weighted by Gasteiger charge is -2.36. The van der Waals surface area contributed by atoms with Crippen LogP contribution in [0.5, 0.6) is 0 Å². The molecule has 0 spiro atoms. The van der Waals surface area contributed by atoms with Crippen LogP contribution in [0.4, 0.5) is 0 Å². The van der Waals surface area contributed by atoms with Crippen molar-refractivity contribution < 1.29 is 48.6 Å². The highest BCUT2D eigenvalue weighted by molar-refractivity contribution is 5.99. The maximum Gasteiger partial charge on any atom is 0.251 e. The first-order valence-electron chi connectivity index (χ1n) is 32.4. The van der Waals surface area contributed by atoms with Gasteiger partial charge in [0.15, 0.2) is 5.78 Å². The number of carbonyl (C=O) groups is 8. The number of nitrogens with zero attached hydrogens (tertiary/aromatic N) is 4. The minimum absolute atomic E-state index is 0.00738. The number of Topliss-reactive ketones (excluding diaryl/α,β-unsaturated/α-hetero) is 2. The number of hydrogen-bond donors (Lipinski definition) is 4. The van der Waals surface area contributed by atoms with E-state index in [2.05, 4.69) is 10.6 Å². The molecule has 2 saturated carbocycles. The van der Waals surface area contributed by atoms with Gasteiger partial charge in [0, 0.05) is 87.4 Å². The summed E-state index contributed by atoms with van der Waals surface area (Å²) in [6, 6.07) is 32.0. The van der Waals surface area contributed by atoms with Crippen LogP contribution in [0.1, 0.15) is 162 Å². The Bertz CT molecular complexity index is 2930. The summed E-state index contributed by atoms with van der Waals surface area (Å²) in [6.07, 6.45) is 10.5. The molecule has 2 aliphatic heterocycles. The number of likely N-dealkylation sites (tertiary alicyclic amines) is 2. The molecule has 0 unspecified atom stereocenters. The summed E-state index contributed by atoms with van der Waals surface area (Å²) in [5.74, 6) is -2.47. The van der Waals surface area contributed by atoms with E-state index in [1.807, 2.05) is 100 Å². The molecular weight excluding hydrogens is 1100 g/mol. The standard InChI is InChI=1S/C71H94N6O10/c1-5-49(4)68(84)73-67(56-24-16-9-17-25-56)71(87)77-47-61(79)41-59(77)44-74(38-36-50-18-10-6-11-19-50)65(82)35-34-63(80)55-30-26-52(27-31-55)53-28-32-57(33-29-53)69(85)72-43-66(83)75(39-37-51-20-12-7-13-21-51)45-58-40-60(78)46-76(58)70(86)62(42-64(81)48(2)3)54-22-14-8-15-23-54/h6-7,10-13,18-21,26-33,48-49,54,56,58-62,67,78-79H,5,8-9,14-17,22-25,34-47H2,1-4H3,(H,72,85)(H,73,84)/t49-,58+,59+,60+,61+,62+,67+/m1/s1. The maximum atomic E-state index is 14.6. The first-order chi connectivity index (χ1) is 42.0. The number of benzene rings is 4. The second-order valence-corrected chi connectivity index (χ2v) is 25.5. The van der Waals surface area contributed by atoms with Crippen molar-refractivity contribution in [3.63, 3.8) is 0 Å². The van der Waals surface area contributed by atoms with E-state index in [0.29, 0.717) is 56.3 Å². The Kier molecular flexibility index (Phi) is 24.4. The molecule has 0 aromatic heterocycles. The fourth-order valence-electron chi connectivity index (χ4n) is 13.4. The summed E-state index contributed by atoms with van der Waals surface area (Å²) in [7, 11) is 0. The van der Waals surface area contributed by atoms with Crippen molar-refractivity contribution in [1.82, 2.24) is 30.2 Å². The van der Waals surface area contributed by atoms with Crippen LogP contribution in [0.15, 0.2) is 109 Å². The lowest BCUT2D eigenvalue weighted by molar-refractivity contribution is -0.143. The van der Waals surface area contributed by atoms with E-state index < -0.39 is 42.2 Å². The van der Waals surface area contributed by atoms with Crippen LogP contribution in [0, 0.1) is 29.6 Å². The van der Waals surface area contributed by atoms with Crippen molar-refractivity contribution in [1.29, 1.82) is 0 Å². The molecule has 0 radical (unpaired) electrons. The molecule has 16 heteroatoms. The number of hydrogen-bond acceptors (Lipinski definition) is 10. The number of aliphatic hydroxyl groups excluding tert-OH is 2. The number of carbonyl (C=O) groups excluding carboxylic acids is 8. The van der Waals surface area contributed by atoms with Crippen LogP contribution in [0.2, 0.25) is 0 Å². The van der Waals surface area contributed by atoms with Gasteiger partial charge in [0.1, 0.15) is 11.8 Å². The summed E-state index contributed by atoms with van der Waals surface area (Å²) in [6.45, 7) is 8.53. The molecule has 2 aliphatic carbocycles. The molecule has 2 saturated heterocycles. The first kappa shape index (κ1) is 65.9. The second kappa shape index (κ2) is 32.3. The SMILES string of the molecule is CC[C@@H](C)C(=O)N[C@H](C(=O)N1C[C@@H](O)C[C@H]1CN(CCc1ccccc1)C(=O)CCC(=O)c1ccc(-c2ccc(C(=O)NCC(=O)N(CCc3ccccc3)C[C@@H]3C[C@H](O)CN3C(=O)[C@@H](CC(=O)C(C)C)C3CCCCC3)cc2)cc1)C1CCCCC1. The topological polar surface area (TPSA) is 214 Å². The predicted molar refractivity (Wildman–Crippen MR) is 336 cm³/mol. The predicted octanol–water partition coefficient (Wildman–Crippen LogP) is 9.04. The third kappa shape index (κ3) is 18.5. The molecule has 6 amide bonds. The lowest BCUT2D eigenvalue weighted by atomic mass is 9.76. The van der Waals surface area contributed by atoms with Gasteiger partial charge < -0.3 is 40.4 Å². The van der Waals surface area contributed by atoms with E-state index in [4.69, 9.17) is 0 Å². The van der Waals surface area contributed by atoms with Crippen molar-refractivity contribution in [3.8, 4) is 11.1 Å². The number of ketones is 2. The highest BCUT2D eigenvalue weighted by Crippen LogP contribution is 2.36. The van der Waals surface area contributed by atoms with Crippen LogP contribution < -0.4 is 10.6 Å². The van der Waals surface area contributed by atoms with Gasteiger partial charge >= 0.3 is 0 Å². The number of rotatable bonds is 28. The molecule has 4 aromatic rings. The second-order valence-electron chi connectivity index (χ2n) is 25.5. The Hall–Kier alpha value is -7.04. The molecule has 2 heterocycles. The Labute approximate surface area is 515 Å². The van der Waals surface area contributed by atoms with Crippen LogP contribution in [0.25, 0.3) is 11.1 Å². The van der Waals surface area contributed by atoms with Gasteiger partial charge in [-0.15, -0.1) is 0 Å². The van der Waals surface area contributed by atoms with E-state index in [0.717, 1.165) is 86.5 Å². The number of nitrogens with one attached hydrogen (secondary N) is 2. The van der Waals surface area contributed by atoms with E-state index in [1.165, 1.54) is 0 Å². The summed E-state index contributed by atoms with van der Waals surface area (Å²) in [5, 5.41) is 28.0. The fourth-order valence-corrected chi connectivity index (χ4v) is 13.4. The van der Waals surface area contributed by atoms with Gasteiger partial charge in [-0.25, -0.2) is 0 Å². The van der Waals surface area contributed by atoms with Gasteiger partial charge in [0.05, 0.1) is 30.8 Å². The Morgan fingerprint density at radius 3 is 1.56 bits per heavy atom. The van der Waals surface area contributed by atoms with Gasteiger partial charge in [0.2, 0.25) is 29.5 Å². The monoisotopic (exact) mass is 1190 g/mol. The maximum absolute atomic E-state index is 14.6. The minimum atomic E-state index is -0.780. The molecule has 4 N–H and O–H groups in total. The quantitative estimate of drug-likeness (QED) is 0.0396. The molecular formula is C71H94N6O10. The zero-order valence-corrected chi connectivity index (χ0v) is 51.8. The Morgan fingerprint density at radius 2 is 1.06 bits per heavy atom. The number of amides is 6. The molecule has 7 atom stereocenters. The number of aliphatic hydroxyl groups is 2. The highest BCUT2D eigenvalue weighted by atomic mass is 16.3. The average molecular weight is 1190 g/mol. The van der Waals surface area contributed by atoms with E-state index in [1.54, 1.807) is 56.0 Å². The van der Waals surface area contributed by atoms with Gasteiger partial charge in [0.25, 0.3) is 5.91 Å². The zero-order valence-electron chi connectivity index (χ0n) is 51.8. The molecule has 87 heavy (non-hydrogen) atoms. The smallest absolute Gasteiger partial charge is 0.251 e. The van der Waals surface area contributed by atoms with E-state index in [9.17, 15) is 48.6 Å². The summed E-state index contributed by atoms with van der Waals surface area (Å²) < 4.78 is 0. The minimum Gasteiger partial charge on any atom is -0.391 e. The van der Waals surface area contributed by atoms with Gasteiger partial charge in [-0.3, -0.25) is 38.4 Å². The average Bonchev–Trinajstić information content (AvgIpc) is 2.63. The molecule has 8 rings (SSSR count). The van der Waals surface area contributed by atoms with Crippen molar-refractivity contribution >= 4 is 47.0 Å². The van der Waals surface area contributed by atoms with Crippen LogP contribution >= 0.6 is 0 Å². The van der Waals surface area contributed by atoms with Crippen LogP contribution in [-0.4, -0.2) is 153 Å². The molecule has 4 fully saturated rings. The van der Waals surface area contributed by atoms with E-state index >= 15 is 0 Å². The fraction of sp³-hybridized carbons (Fsp3) is 0.549. The van der Waals surface area contributed by atoms with Crippen molar-refractivity contribution in [3.05, 3.63) is 131 Å². The Balaban J connectivity index is 0.874. The van der Waals surface area contributed by atoms with Crippen LogP contribution in [-0.2, 0) is 41.6 Å². The Morgan fingerprint density at radius 1 is 0.575 bits per heavy atom. The third-order valence-corrected chi connectivity index (χ3v) is 18.9. The molecule has 468 valence electrons. The first-order valence-corrected chi connectivity index (χ1v) is 32.4. The summed E-state index contributed by atoms with van der Waals surface area (Å²) in [4.78, 5) is 118. The molecule has 4 aromatic carbocycles. The molecule has 16 nitrogen and oxygen atoms in total. The van der Waals surface area contributed by atoms with Crippen molar-refractivity contribution in [2.24, 2.45) is 29.6 Å². The third-order valence-electron chi connectivity index (χ3n) is 18.9. The summed E-state index contributed by atoms with van der Waals surface area (Å²) >= 11 is 0. The molecule has 4 aliphatic rings. The summed E-state index contributed by atoms with van der Waals surface area (Å²) in [5.41, 5.74) is 4.44. The zero-order chi connectivity index (χ0) is 62.0. The lowest BCUT2D eigenvalue weighted by Crippen LogP contribution is -2.56. The molecule has 0 bridgehead atoms. The van der Waals surface area contributed by atoms with Crippen LogP contribution in [0.3, 0.4) is 0 Å². The van der Waals surface area contributed by atoms with Crippen molar-refractivity contribution in [2.75, 3.05) is 45.8 Å². The van der Waals surface area contributed by atoms with E-state index in [-0.39, 0.29) is 117 Å². The number of β-amino-alcohol motifs (C(OH)–C–C–N with tert-alkyl or cyclic N) is 2. The normalized spacial score (nSPS) is 20.1.